The lowest BCUT2D eigenvalue weighted by molar-refractivity contribution is -0.143. The van der Waals surface area contributed by atoms with Gasteiger partial charge in [-0.2, -0.15) is 4.98 Å². The average molecular weight is 550 g/mol. The number of nitrogens with zero attached hydrogens (tertiary/aromatic N) is 1. The van der Waals surface area contributed by atoms with Crippen LogP contribution in [-0.4, -0.2) is 24.2 Å². The van der Waals surface area contributed by atoms with E-state index in [9.17, 15) is 9.59 Å². The lowest BCUT2D eigenvalue weighted by atomic mass is 9.95. The number of ether oxygens (including phenoxy) is 2. The molecule has 0 unspecified atom stereocenters. The predicted molar refractivity (Wildman–Crippen MR) is 162 cm³/mol. The highest BCUT2D eigenvalue weighted by Gasteiger charge is 2.13. The number of pyridine rings is 1. The summed E-state index contributed by atoms with van der Waals surface area (Å²) in [7, 11) is 0. The van der Waals surface area contributed by atoms with E-state index in [2.05, 4.69) is 37.0 Å². The smallest absolute Gasteiger partial charge is 0.345 e. The van der Waals surface area contributed by atoms with Gasteiger partial charge in [0.1, 0.15) is 0 Å². The van der Waals surface area contributed by atoms with Gasteiger partial charge in [-0.05, 0) is 60.9 Å². The molecule has 0 atom stereocenters. The minimum Gasteiger partial charge on any atom is -0.478 e. The molecule has 0 amide bonds. The molecule has 3 rings (SSSR count). The second kappa shape index (κ2) is 17.5. The Hall–Kier alpha value is -3.15. The van der Waals surface area contributed by atoms with Crippen LogP contribution in [0.15, 0.2) is 45.6 Å². The van der Waals surface area contributed by atoms with Crippen LogP contribution in [0.1, 0.15) is 109 Å². The maximum absolute atomic E-state index is 12.9. The molecule has 218 valence electrons. The summed E-state index contributed by atoms with van der Waals surface area (Å²) in [5, 5.41) is 0.791. The van der Waals surface area contributed by atoms with Gasteiger partial charge in [-0.15, -0.1) is 0 Å². The van der Waals surface area contributed by atoms with E-state index in [1.165, 1.54) is 56.1 Å². The molecule has 0 aliphatic heterocycles. The van der Waals surface area contributed by atoms with Crippen LogP contribution in [-0.2, 0) is 22.4 Å². The minimum absolute atomic E-state index is 0.111. The molecule has 2 aromatic heterocycles. The molecule has 0 aliphatic rings. The van der Waals surface area contributed by atoms with Crippen molar-refractivity contribution >= 4 is 17.1 Å². The molecular weight excluding hydrogens is 502 g/mol. The number of unbranched alkanes of at least 4 members (excludes halogenated alkanes) is 9. The van der Waals surface area contributed by atoms with Crippen LogP contribution in [0.4, 0.5) is 0 Å². The van der Waals surface area contributed by atoms with Gasteiger partial charge in [-0.1, -0.05) is 90.3 Å². The molecule has 6 nitrogen and oxygen atoms in total. The van der Waals surface area contributed by atoms with Gasteiger partial charge in [0.25, 0.3) is 0 Å². The topological polar surface area (TPSA) is 78.6 Å². The number of fused-ring (bicyclic) bond motifs is 1. The zero-order valence-electron chi connectivity index (χ0n) is 24.8. The zero-order chi connectivity index (χ0) is 28.6. The third-order valence-corrected chi connectivity index (χ3v) is 7.32. The molecule has 2 heterocycles. The molecule has 0 saturated heterocycles. The summed E-state index contributed by atoms with van der Waals surface area (Å²) in [6, 6.07) is 12.1. The monoisotopic (exact) mass is 549 g/mol. The molecule has 0 fully saturated rings. The first-order valence-corrected chi connectivity index (χ1v) is 15.4. The van der Waals surface area contributed by atoms with Gasteiger partial charge in [0.15, 0.2) is 0 Å². The van der Waals surface area contributed by atoms with Gasteiger partial charge in [0, 0.05) is 17.9 Å². The van der Waals surface area contributed by atoms with Crippen molar-refractivity contribution in [3.8, 4) is 17.0 Å². The number of hydrogen-bond donors (Lipinski definition) is 0. The number of hydrogen-bond acceptors (Lipinski definition) is 6. The van der Waals surface area contributed by atoms with E-state index in [1.54, 1.807) is 0 Å². The van der Waals surface area contributed by atoms with Gasteiger partial charge in [-0.3, -0.25) is 4.79 Å². The summed E-state index contributed by atoms with van der Waals surface area (Å²) in [5.41, 5.74) is 3.96. The fourth-order valence-corrected chi connectivity index (χ4v) is 4.92. The zero-order valence-corrected chi connectivity index (χ0v) is 24.8. The van der Waals surface area contributed by atoms with Crippen molar-refractivity contribution in [1.29, 1.82) is 0 Å². The first-order valence-electron chi connectivity index (χ1n) is 15.4. The second-order valence-corrected chi connectivity index (χ2v) is 10.5. The number of carbonyl (C=O) groups is 1. The van der Waals surface area contributed by atoms with E-state index >= 15 is 0 Å². The number of benzene rings is 1. The summed E-state index contributed by atoms with van der Waals surface area (Å²) < 4.78 is 16.6. The van der Waals surface area contributed by atoms with Crippen LogP contribution >= 0.6 is 0 Å². The Morgan fingerprint density at radius 1 is 0.800 bits per heavy atom. The Morgan fingerprint density at radius 2 is 1.52 bits per heavy atom. The molecule has 40 heavy (non-hydrogen) atoms. The summed E-state index contributed by atoms with van der Waals surface area (Å²) in [6.07, 6.45) is 14.9. The van der Waals surface area contributed by atoms with Crippen LogP contribution in [0.2, 0.25) is 0 Å². The molecule has 3 aromatic rings. The Bertz CT molecular complexity index is 1250. The van der Waals surface area contributed by atoms with Crippen LogP contribution in [0.3, 0.4) is 0 Å². The van der Waals surface area contributed by atoms with Crippen molar-refractivity contribution < 1.29 is 18.7 Å². The molecule has 0 aliphatic carbocycles. The van der Waals surface area contributed by atoms with Gasteiger partial charge >= 0.3 is 11.6 Å². The maximum atomic E-state index is 12.9. The van der Waals surface area contributed by atoms with Crippen LogP contribution in [0, 0.1) is 0 Å². The Balaban J connectivity index is 1.44. The van der Waals surface area contributed by atoms with Gasteiger partial charge in [0.05, 0.1) is 18.8 Å². The van der Waals surface area contributed by atoms with Gasteiger partial charge in [-0.25, -0.2) is 4.79 Å². The summed E-state index contributed by atoms with van der Waals surface area (Å²) in [5.74, 6) is 0.373. The van der Waals surface area contributed by atoms with Crippen LogP contribution < -0.4 is 10.4 Å². The Kier molecular flexibility index (Phi) is 13.7. The molecule has 6 heteroatoms. The summed E-state index contributed by atoms with van der Waals surface area (Å²) >= 11 is 0. The highest BCUT2D eigenvalue weighted by atomic mass is 16.5. The predicted octanol–water partition coefficient (Wildman–Crippen LogP) is 8.60. The van der Waals surface area contributed by atoms with E-state index in [-0.39, 0.29) is 11.6 Å². The van der Waals surface area contributed by atoms with Crippen LogP contribution in [0.25, 0.3) is 22.2 Å². The lowest BCUT2D eigenvalue weighted by Crippen LogP contribution is -2.06. The second-order valence-electron chi connectivity index (χ2n) is 10.5. The van der Waals surface area contributed by atoms with Crippen molar-refractivity contribution in [3.05, 3.63) is 57.9 Å². The minimum atomic E-state index is -0.368. The van der Waals surface area contributed by atoms with Gasteiger partial charge < -0.3 is 13.9 Å². The molecule has 0 bridgehead atoms. The first-order chi connectivity index (χ1) is 19.5. The third-order valence-electron chi connectivity index (χ3n) is 7.32. The van der Waals surface area contributed by atoms with E-state index in [1.807, 2.05) is 25.1 Å². The van der Waals surface area contributed by atoms with Crippen molar-refractivity contribution in [2.45, 2.75) is 111 Å². The van der Waals surface area contributed by atoms with Crippen molar-refractivity contribution in [3.63, 3.8) is 0 Å². The Morgan fingerprint density at radius 3 is 2.23 bits per heavy atom. The van der Waals surface area contributed by atoms with Crippen molar-refractivity contribution in [2.75, 3.05) is 13.2 Å². The largest absolute Gasteiger partial charge is 0.478 e. The van der Waals surface area contributed by atoms with E-state index in [0.717, 1.165) is 49.5 Å². The summed E-state index contributed by atoms with van der Waals surface area (Å²) in [6.45, 7) is 7.30. The molecule has 0 saturated carbocycles. The lowest BCUT2D eigenvalue weighted by Gasteiger charge is -2.11. The van der Waals surface area contributed by atoms with Crippen molar-refractivity contribution in [1.82, 2.24) is 4.98 Å². The van der Waals surface area contributed by atoms with Crippen LogP contribution in [0.5, 0.6) is 5.88 Å². The number of aryl methyl sites for hydroxylation is 2. The Labute approximate surface area is 239 Å². The fourth-order valence-electron chi connectivity index (χ4n) is 4.92. The highest BCUT2D eigenvalue weighted by Crippen LogP contribution is 2.27. The van der Waals surface area contributed by atoms with Gasteiger partial charge in [0.2, 0.25) is 11.6 Å². The number of esters is 1. The van der Waals surface area contributed by atoms with Crippen molar-refractivity contribution in [2.24, 2.45) is 0 Å². The molecule has 0 N–H and O–H groups in total. The summed E-state index contributed by atoms with van der Waals surface area (Å²) in [4.78, 5) is 28.5. The number of aromatic nitrogens is 1. The SMILES string of the molecule is CCCCCc1ccc(-c2cc3ccc(OCCCCCCCCCCOC(=O)CC)nc3oc2=O)c(CC)c1. The standard InChI is InChI=1S/C34H47NO5/c1-4-7-14-17-26-18-20-29(27(5-2)24-26)30-25-28-19-21-31(35-33(28)40-34(30)37)38-22-15-12-10-8-9-11-13-16-23-39-32(36)6-3/h18-21,24-25H,4-17,22-23H2,1-3H3. The van der Waals surface area contributed by atoms with E-state index in [4.69, 9.17) is 13.9 Å². The van der Waals surface area contributed by atoms with E-state index in [0.29, 0.717) is 36.8 Å². The van der Waals surface area contributed by atoms with E-state index < -0.39 is 0 Å². The number of rotatable bonds is 19. The average Bonchev–Trinajstić information content (AvgIpc) is 2.97. The third kappa shape index (κ3) is 10.1. The molecule has 1 aromatic carbocycles. The number of carbonyl (C=O) groups excluding carboxylic acids is 1. The quantitative estimate of drug-likeness (QED) is 0.110. The molecule has 0 radical (unpaired) electrons. The fraction of sp³-hybridized carbons (Fsp3) is 0.559. The molecular formula is C34H47NO5. The normalized spacial score (nSPS) is 11.2. The maximum Gasteiger partial charge on any atom is 0.345 e. The first kappa shape index (κ1) is 31.4. The molecule has 0 spiro atoms. The highest BCUT2D eigenvalue weighted by molar-refractivity contribution is 5.80.